The van der Waals surface area contributed by atoms with E-state index < -0.39 is 5.54 Å². The molecule has 0 bridgehead atoms. The summed E-state index contributed by atoms with van der Waals surface area (Å²) in [4.78, 5) is 0. The molecule has 1 unspecified atom stereocenters. The topological polar surface area (TPSA) is 64.7 Å². The molecule has 0 aliphatic heterocycles. The second-order valence-corrected chi connectivity index (χ2v) is 4.41. The minimum atomic E-state index is -0.638. The lowest BCUT2D eigenvalue weighted by Gasteiger charge is -2.27. The first-order valence-electron chi connectivity index (χ1n) is 5.59. The molecule has 0 heterocycles. The number of aliphatic hydroxyl groups is 1. The fraction of sp³-hybridized carbons (Fsp3) is 0.538. The summed E-state index contributed by atoms with van der Waals surface area (Å²) in [6.07, 6.45) is 0.468. The van der Waals surface area contributed by atoms with Crippen molar-refractivity contribution >= 4 is 0 Å². The molecule has 0 aliphatic rings. The van der Waals surface area contributed by atoms with Gasteiger partial charge in [0.2, 0.25) is 0 Å². The molecule has 1 rings (SSSR count). The predicted octanol–water partition coefficient (Wildman–Crippen LogP) is 1.57. The van der Waals surface area contributed by atoms with Crippen LogP contribution in [0.5, 0.6) is 11.5 Å². The van der Waals surface area contributed by atoms with Crippen LogP contribution in [0.15, 0.2) is 12.1 Å². The molecule has 96 valence electrons. The van der Waals surface area contributed by atoms with Gasteiger partial charge in [-0.25, -0.2) is 0 Å². The summed E-state index contributed by atoms with van der Waals surface area (Å²) < 4.78 is 10.6. The SMILES string of the molecule is COc1cc(C(C)(N)CCO)c(OC)cc1C. The minimum Gasteiger partial charge on any atom is -0.496 e. The van der Waals surface area contributed by atoms with Crippen LogP contribution in [-0.2, 0) is 5.54 Å². The molecule has 0 radical (unpaired) electrons. The van der Waals surface area contributed by atoms with E-state index in [1.807, 2.05) is 26.0 Å². The Morgan fingerprint density at radius 3 is 2.29 bits per heavy atom. The molecule has 0 amide bonds. The van der Waals surface area contributed by atoms with Crippen LogP contribution in [-0.4, -0.2) is 25.9 Å². The summed E-state index contributed by atoms with van der Waals surface area (Å²) in [5.74, 6) is 1.50. The van der Waals surface area contributed by atoms with Crippen LogP contribution >= 0.6 is 0 Å². The van der Waals surface area contributed by atoms with Crippen molar-refractivity contribution in [1.29, 1.82) is 0 Å². The molecule has 0 fully saturated rings. The zero-order chi connectivity index (χ0) is 13.1. The standard InChI is InChI=1S/C13H21NO3/c1-9-7-12(17-4)10(8-11(9)16-3)13(2,14)5-6-15/h7-8,15H,5-6,14H2,1-4H3. The summed E-state index contributed by atoms with van der Waals surface area (Å²) in [6, 6.07) is 3.78. The van der Waals surface area contributed by atoms with Crippen molar-refractivity contribution in [3.05, 3.63) is 23.3 Å². The molecule has 0 spiro atoms. The van der Waals surface area contributed by atoms with Crippen molar-refractivity contribution in [2.45, 2.75) is 25.8 Å². The molecule has 0 aliphatic carbocycles. The number of hydrogen-bond donors (Lipinski definition) is 2. The highest BCUT2D eigenvalue weighted by Crippen LogP contribution is 2.35. The number of rotatable bonds is 5. The fourth-order valence-corrected chi connectivity index (χ4v) is 1.86. The van der Waals surface area contributed by atoms with Gasteiger partial charge < -0.3 is 20.3 Å². The van der Waals surface area contributed by atoms with Crippen molar-refractivity contribution in [2.75, 3.05) is 20.8 Å². The summed E-state index contributed by atoms with van der Waals surface area (Å²) in [5, 5.41) is 9.06. The minimum absolute atomic E-state index is 0.0341. The molecular weight excluding hydrogens is 218 g/mol. The number of aryl methyl sites for hydroxylation is 1. The Morgan fingerprint density at radius 1 is 1.24 bits per heavy atom. The molecule has 0 aromatic heterocycles. The normalized spacial score (nSPS) is 14.2. The predicted molar refractivity (Wildman–Crippen MR) is 67.5 cm³/mol. The van der Waals surface area contributed by atoms with E-state index in [2.05, 4.69) is 0 Å². The molecule has 17 heavy (non-hydrogen) atoms. The van der Waals surface area contributed by atoms with Crippen LogP contribution < -0.4 is 15.2 Å². The molecule has 1 aromatic rings. The highest BCUT2D eigenvalue weighted by atomic mass is 16.5. The highest BCUT2D eigenvalue weighted by Gasteiger charge is 2.25. The maximum Gasteiger partial charge on any atom is 0.124 e. The maximum absolute atomic E-state index is 9.06. The van der Waals surface area contributed by atoms with Crippen molar-refractivity contribution in [1.82, 2.24) is 0 Å². The van der Waals surface area contributed by atoms with Gasteiger partial charge in [-0.1, -0.05) is 0 Å². The Hall–Kier alpha value is -1.26. The summed E-state index contributed by atoms with van der Waals surface area (Å²) >= 11 is 0. The molecule has 4 heteroatoms. The Bertz CT molecular complexity index is 388. The van der Waals surface area contributed by atoms with E-state index >= 15 is 0 Å². The Morgan fingerprint density at radius 2 is 1.82 bits per heavy atom. The quantitative estimate of drug-likeness (QED) is 0.818. The largest absolute Gasteiger partial charge is 0.496 e. The maximum atomic E-state index is 9.06. The zero-order valence-electron chi connectivity index (χ0n) is 10.9. The third-order valence-electron chi connectivity index (χ3n) is 2.96. The van der Waals surface area contributed by atoms with Gasteiger partial charge in [0.15, 0.2) is 0 Å². The lowest BCUT2D eigenvalue weighted by molar-refractivity contribution is 0.244. The van der Waals surface area contributed by atoms with Crippen LogP contribution in [0.1, 0.15) is 24.5 Å². The van der Waals surface area contributed by atoms with E-state index in [0.717, 1.165) is 22.6 Å². The third-order valence-corrected chi connectivity index (χ3v) is 2.96. The third kappa shape index (κ3) is 2.90. The summed E-state index contributed by atoms with van der Waals surface area (Å²) in [6.45, 7) is 3.85. The van der Waals surface area contributed by atoms with Gasteiger partial charge in [0.1, 0.15) is 11.5 Å². The first-order chi connectivity index (χ1) is 7.96. The second-order valence-electron chi connectivity index (χ2n) is 4.41. The van der Waals surface area contributed by atoms with Gasteiger partial charge in [0.25, 0.3) is 0 Å². The van der Waals surface area contributed by atoms with Gasteiger partial charge in [-0.2, -0.15) is 0 Å². The first-order valence-corrected chi connectivity index (χ1v) is 5.59. The lowest BCUT2D eigenvalue weighted by atomic mass is 9.88. The van der Waals surface area contributed by atoms with Crippen molar-refractivity contribution in [2.24, 2.45) is 5.73 Å². The molecule has 0 saturated carbocycles. The smallest absolute Gasteiger partial charge is 0.124 e. The molecule has 1 atom stereocenters. The van der Waals surface area contributed by atoms with E-state index in [0.29, 0.717) is 6.42 Å². The number of nitrogens with two attached hydrogens (primary N) is 1. The zero-order valence-corrected chi connectivity index (χ0v) is 10.9. The molecular formula is C13H21NO3. The lowest BCUT2D eigenvalue weighted by Crippen LogP contribution is -2.34. The van der Waals surface area contributed by atoms with Crippen molar-refractivity contribution in [3.63, 3.8) is 0 Å². The van der Waals surface area contributed by atoms with Gasteiger partial charge >= 0.3 is 0 Å². The van der Waals surface area contributed by atoms with Crippen LogP contribution in [0.4, 0.5) is 0 Å². The summed E-state index contributed by atoms with van der Waals surface area (Å²) in [5.41, 5.74) is 7.40. The molecule has 3 N–H and O–H groups in total. The van der Waals surface area contributed by atoms with E-state index in [-0.39, 0.29) is 6.61 Å². The van der Waals surface area contributed by atoms with Gasteiger partial charge in [-0.15, -0.1) is 0 Å². The van der Waals surface area contributed by atoms with Crippen LogP contribution in [0.3, 0.4) is 0 Å². The summed E-state index contributed by atoms with van der Waals surface area (Å²) in [7, 11) is 3.23. The number of benzene rings is 1. The number of hydrogen-bond acceptors (Lipinski definition) is 4. The van der Waals surface area contributed by atoms with Crippen molar-refractivity contribution < 1.29 is 14.6 Å². The average molecular weight is 239 g/mol. The Kier molecular flexibility index (Phi) is 4.37. The Labute approximate surface area is 102 Å². The fourth-order valence-electron chi connectivity index (χ4n) is 1.86. The first kappa shape index (κ1) is 13.8. The van der Waals surface area contributed by atoms with Crippen molar-refractivity contribution in [3.8, 4) is 11.5 Å². The number of aliphatic hydroxyl groups excluding tert-OH is 1. The van der Waals surface area contributed by atoms with Crippen LogP contribution in [0.25, 0.3) is 0 Å². The van der Waals surface area contributed by atoms with E-state index in [9.17, 15) is 0 Å². The van der Waals surface area contributed by atoms with Gasteiger partial charge in [0.05, 0.1) is 14.2 Å². The van der Waals surface area contributed by atoms with Crippen LogP contribution in [0.2, 0.25) is 0 Å². The van der Waals surface area contributed by atoms with E-state index in [1.165, 1.54) is 0 Å². The second kappa shape index (κ2) is 5.38. The van der Waals surface area contributed by atoms with Gasteiger partial charge in [-0.3, -0.25) is 0 Å². The van der Waals surface area contributed by atoms with Gasteiger partial charge in [0, 0.05) is 17.7 Å². The molecule has 4 nitrogen and oxygen atoms in total. The average Bonchev–Trinajstić information content (AvgIpc) is 2.28. The Balaban J connectivity index is 3.29. The van der Waals surface area contributed by atoms with Gasteiger partial charge in [-0.05, 0) is 38.0 Å². The van der Waals surface area contributed by atoms with E-state index in [1.54, 1.807) is 14.2 Å². The van der Waals surface area contributed by atoms with Crippen LogP contribution in [0, 0.1) is 6.92 Å². The number of methoxy groups -OCH3 is 2. The highest BCUT2D eigenvalue weighted by molar-refractivity contribution is 5.48. The molecule has 0 saturated heterocycles. The number of ether oxygens (including phenoxy) is 2. The van der Waals surface area contributed by atoms with E-state index in [4.69, 9.17) is 20.3 Å². The molecule has 1 aromatic carbocycles. The monoisotopic (exact) mass is 239 g/mol.